The Morgan fingerprint density at radius 1 is 0.511 bits per heavy atom. The molecule has 0 unspecified atom stereocenters. The molecule has 0 spiro atoms. The molecule has 0 aromatic heterocycles. The molecule has 4 nitrogen and oxygen atoms in total. The van der Waals surface area contributed by atoms with E-state index in [0.717, 1.165) is 45.3 Å². The Balaban J connectivity index is 3.94. The largest absolute Gasteiger partial charge is 0.462 e. The van der Waals surface area contributed by atoms with Gasteiger partial charge in [0.25, 0.3) is 0 Å². The van der Waals surface area contributed by atoms with Gasteiger partial charge in [0.05, 0.1) is 6.61 Å². The third-order valence-corrected chi connectivity index (χ3v) is 9.82. The van der Waals surface area contributed by atoms with Crippen LogP contribution in [0.4, 0.5) is 0 Å². The maximum absolute atomic E-state index is 12.7. The molecule has 280 valence electrons. The van der Waals surface area contributed by atoms with Crippen molar-refractivity contribution in [3.63, 3.8) is 0 Å². The quantitative estimate of drug-likeness (QED) is 0.0404. The zero-order valence-electron chi connectivity index (χ0n) is 32.4. The number of nitrogens with zero attached hydrogens (tertiary/aromatic N) is 1. The summed E-state index contributed by atoms with van der Waals surface area (Å²) in [6, 6.07) is 0. The number of aliphatic hydroxyl groups excluding tert-OH is 1. The van der Waals surface area contributed by atoms with Gasteiger partial charge in [-0.1, -0.05) is 161 Å². The van der Waals surface area contributed by atoms with E-state index in [4.69, 9.17) is 4.74 Å². The van der Waals surface area contributed by atoms with Gasteiger partial charge in [-0.25, -0.2) is 0 Å². The molecule has 4 heteroatoms. The fraction of sp³-hybridized carbons (Fsp3) is 0.930. The third-order valence-electron chi connectivity index (χ3n) is 9.82. The van der Waals surface area contributed by atoms with Crippen LogP contribution < -0.4 is 0 Å². The second kappa shape index (κ2) is 39.6. The van der Waals surface area contributed by atoms with Crippen LogP contribution in [0.3, 0.4) is 0 Å². The van der Waals surface area contributed by atoms with Gasteiger partial charge in [-0.3, -0.25) is 4.79 Å². The van der Waals surface area contributed by atoms with Gasteiger partial charge < -0.3 is 14.7 Å². The minimum absolute atomic E-state index is 0.0334. The summed E-state index contributed by atoms with van der Waals surface area (Å²) in [5.41, 5.74) is 0. The molecule has 0 aromatic carbocycles. The molecule has 0 saturated carbocycles. The van der Waals surface area contributed by atoms with Gasteiger partial charge in [0.15, 0.2) is 0 Å². The highest BCUT2D eigenvalue weighted by Gasteiger charge is 2.14. The summed E-state index contributed by atoms with van der Waals surface area (Å²) in [4.78, 5) is 15.1. The summed E-state index contributed by atoms with van der Waals surface area (Å²) in [6.07, 6.45) is 44.7. The SMILES string of the molecule is CCCCCC/C=C\CCCCCCCCN(CCO)CCCCCCCC(=O)OC(CCCCCCCC)CCCCCCCC. The first-order valence-electron chi connectivity index (χ1n) is 21.4. The average molecular weight is 664 g/mol. The molecular weight excluding hydrogens is 578 g/mol. The van der Waals surface area contributed by atoms with Gasteiger partial charge in [-0.2, -0.15) is 0 Å². The molecule has 0 heterocycles. The Kier molecular flexibility index (Phi) is 38.8. The highest BCUT2D eigenvalue weighted by atomic mass is 16.5. The molecule has 0 saturated heterocycles. The van der Waals surface area contributed by atoms with E-state index in [1.807, 2.05) is 0 Å². The van der Waals surface area contributed by atoms with Crippen LogP contribution in [0.5, 0.6) is 0 Å². The zero-order chi connectivity index (χ0) is 34.3. The van der Waals surface area contributed by atoms with Crippen LogP contribution in [0.15, 0.2) is 12.2 Å². The third kappa shape index (κ3) is 36.2. The number of hydrogen-bond donors (Lipinski definition) is 1. The Bertz CT molecular complexity index is 621. The van der Waals surface area contributed by atoms with Crippen LogP contribution in [0, 0.1) is 0 Å². The number of esters is 1. The predicted molar refractivity (Wildman–Crippen MR) is 207 cm³/mol. The maximum Gasteiger partial charge on any atom is 0.306 e. The summed E-state index contributed by atoms with van der Waals surface area (Å²) >= 11 is 0. The van der Waals surface area contributed by atoms with E-state index in [0.29, 0.717) is 6.42 Å². The van der Waals surface area contributed by atoms with Crippen molar-refractivity contribution in [2.75, 3.05) is 26.2 Å². The molecule has 0 aliphatic heterocycles. The van der Waals surface area contributed by atoms with Crippen molar-refractivity contribution in [2.24, 2.45) is 0 Å². The Labute approximate surface area is 295 Å². The van der Waals surface area contributed by atoms with Crippen LogP contribution in [0.1, 0.15) is 226 Å². The average Bonchev–Trinajstić information content (AvgIpc) is 3.07. The number of aliphatic hydroxyl groups is 1. The lowest BCUT2D eigenvalue weighted by molar-refractivity contribution is -0.150. The van der Waals surface area contributed by atoms with E-state index in [-0.39, 0.29) is 18.7 Å². The zero-order valence-corrected chi connectivity index (χ0v) is 32.4. The van der Waals surface area contributed by atoms with E-state index < -0.39 is 0 Å². The highest BCUT2D eigenvalue weighted by Crippen LogP contribution is 2.18. The van der Waals surface area contributed by atoms with E-state index in [9.17, 15) is 9.90 Å². The van der Waals surface area contributed by atoms with Gasteiger partial charge in [0, 0.05) is 13.0 Å². The Morgan fingerprint density at radius 3 is 1.36 bits per heavy atom. The molecular formula is C43H85NO3. The van der Waals surface area contributed by atoms with Crippen molar-refractivity contribution >= 4 is 5.97 Å². The first-order valence-corrected chi connectivity index (χ1v) is 21.4. The van der Waals surface area contributed by atoms with E-state index >= 15 is 0 Å². The van der Waals surface area contributed by atoms with Crippen LogP contribution in [0.2, 0.25) is 0 Å². The summed E-state index contributed by atoms with van der Waals surface area (Å²) in [6.45, 7) is 10.1. The van der Waals surface area contributed by atoms with Gasteiger partial charge in [0.2, 0.25) is 0 Å². The fourth-order valence-electron chi connectivity index (χ4n) is 6.65. The number of carbonyl (C=O) groups excluding carboxylic acids is 1. The van der Waals surface area contributed by atoms with Gasteiger partial charge >= 0.3 is 5.97 Å². The standard InChI is InChI=1S/C43H85NO3/c1-4-7-10-13-16-17-18-19-20-21-22-23-28-33-38-44(40-41-45)39-34-29-24-27-32-37-43(46)47-42(35-30-25-14-11-8-5-2)36-31-26-15-12-9-6-3/h17-18,42,45H,4-16,19-41H2,1-3H3/b18-17-. The molecule has 47 heavy (non-hydrogen) atoms. The first kappa shape index (κ1) is 46.1. The topological polar surface area (TPSA) is 49.8 Å². The van der Waals surface area contributed by atoms with E-state index in [2.05, 4.69) is 37.8 Å². The van der Waals surface area contributed by atoms with Gasteiger partial charge in [-0.05, 0) is 83.7 Å². The normalized spacial score (nSPS) is 11.9. The second-order valence-corrected chi connectivity index (χ2v) is 14.5. The Morgan fingerprint density at radius 2 is 0.894 bits per heavy atom. The number of ether oxygens (including phenoxy) is 1. The van der Waals surface area contributed by atoms with Gasteiger partial charge in [-0.15, -0.1) is 0 Å². The van der Waals surface area contributed by atoms with Crippen LogP contribution >= 0.6 is 0 Å². The fourth-order valence-corrected chi connectivity index (χ4v) is 6.65. The van der Waals surface area contributed by atoms with Crippen molar-refractivity contribution in [3.8, 4) is 0 Å². The summed E-state index contributed by atoms with van der Waals surface area (Å²) in [5.74, 6) is 0.0334. The minimum Gasteiger partial charge on any atom is -0.462 e. The number of carbonyl (C=O) groups is 1. The molecule has 0 bridgehead atoms. The smallest absolute Gasteiger partial charge is 0.306 e. The van der Waals surface area contributed by atoms with Crippen LogP contribution in [-0.2, 0) is 9.53 Å². The Hall–Kier alpha value is -0.870. The minimum atomic E-state index is 0.0334. The molecule has 1 N–H and O–H groups in total. The summed E-state index contributed by atoms with van der Waals surface area (Å²) < 4.78 is 6.02. The lowest BCUT2D eigenvalue weighted by Gasteiger charge is -2.21. The van der Waals surface area contributed by atoms with Crippen molar-refractivity contribution in [3.05, 3.63) is 12.2 Å². The van der Waals surface area contributed by atoms with Crippen molar-refractivity contribution in [1.29, 1.82) is 0 Å². The van der Waals surface area contributed by atoms with Crippen LogP contribution in [0.25, 0.3) is 0 Å². The summed E-state index contributed by atoms with van der Waals surface area (Å²) in [7, 11) is 0. The van der Waals surface area contributed by atoms with Crippen LogP contribution in [-0.4, -0.2) is 48.3 Å². The number of hydrogen-bond acceptors (Lipinski definition) is 4. The number of unbranched alkanes of at least 4 members (excludes halogenated alkanes) is 24. The molecule has 0 radical (unpaired) electrons. The van der Waals surface area contributed by atoms with Gasteiger partial charge in [0.1, 0.15) is 6.10 Å². The maximum atomic E-state index is 12.7. The molecule has 0 rings (SSSR count). The molecule has 0 fully saturated rings. The molecule has 0 amide bonds. The molecule has 0 aliphatic carbocycles. The highest BCUT2D eigenvalue weighted by molar-refractivity contribution is 5.69. The monoisotopic (exact) mass is 664 g/mol. The number of rotatable bonds is 39. The molecule has 0 atom stereocenters. The van der Waals surface area contributed by atoms with Crippen molar-refractivity contribution in [1.82, 2.24) is 4.90 Å². The van der Waals surface area contributed by atoms with E-state index in [1.165, 1.54) is 173 Å². The second-order valence-electron chi connectivity index (χ2n) is 14.5. The lowest BCUT2D eigenvalue weighted by atomic mass is 10.0. The van der Waals surface area contributed by atoms with E-state index in [1.54, 1.807) is 0 Å². The predicted octanol–water partition coefficient (Wildman–Crippen LogP) is 13.3. The number of allylic oxidation sites excluding steroid dienone is 2. The molecule has 0 aliphatic rings. The van der Waals surface area contributed by atoms with Crippen molar-refractivity contribution < 1.29 is 14.6 Å². The first-order chi connectivity index (χ1) is 23.2. The van der Waals surface area contributed by atoms with Crippen molar-refractivity contribution in [2.45, 2.75) is 232 Å². The molecule has 0 aromatic rings. The summed E-state index contributed by atoms with van der Waals surface area (Å²) in [5, 5.41) is 9.53. The lowest BCUT2D eigenvalue weighted by Crippen LogP contribution is -2.29.